The van der Waals surface area contributed by atoms with Crippen LogP contribution in [0.4, 0.5) is 5.82 Å². The molecule has 0 unspecified atom stereocenters. The Labute approximate surface area is 140 Å². The Morgan fingerprint density at radius 2 is 2.35 bits per heavy atom. The van der Waals surface area contributed by atoms with Crippen molar-refractivity contribution >= 4 is 23.5 Å². The van der Waals surface area contributed by atoms with Gasteiger partial charge in [-0.25, -0.2) is 4.98 Å². The van der Waals surface area contributed by atoms with Gasteiger partial charge in [0.1, 0.15) is 5.82 Å². The molecule has 0 saturated heterocycles. The molecule has 2 heterocycles. The third-order valence-electron chi connectivity index (χ3n) is 4.63. The van der Waals surface area contributed by atoms with E-state index in [0.717, 1.165) is 29.4 Å². The van der Waals surface area contributed by atoms with Gasteiger partial charge in [0.2, 0.25) is 0 Å². The SMILES string of the molecule is Cc1cc2c(nc1CN[C@@H]1CC[C@@H](C(=O)O)C[C@H]1O)NCCS2. The number of nitrogens with zero attached hydrogens (tertiary/aromatic N) is 1. The molecule has 0 spiro atoms. The zero-order valence-electron chi connectivity index (χ0n) is 13.2. The van der Waals surface area contributed by atoms with Gasteiger partial charge in [-0.15, -0.1) is 11.8 Å². The van der Waals surface area contributed by atoms with Crippen LogP contribution < -0.4 is 10.6 Å². The van der Waals surface area contributed by atoms with Crippen LogP contribution in [0.15, 0.2) is 11.0 Å². The van der Waals surface area contributed by atoms with E-state index in [2.05, 4.69) is 23.6 Å². The number of nitrogens with one attached hydrogen (secondary N) is 2. The predicted molar refractivity (Wildman–Crippen MR) is 89.8 cm³/mol. The summed E-state index contributed by atoms with van der Waals surface area (Å²) in [7, 11) is 0. The number of aliphatic hydroxyl groups excluding tert-OH is 1. The fourth-order valence-corrected chi connectivity index (χ4v) is 4.15. The fraction of sp³-hybridized carbons (Fsp3) is 0.625. The van der Waals surface area contributed by atoms with Crippen LogP contribution in [-0.4, -0.2) is 45.6 Å². The Kier molecular flexibility index (Phi) is 5.08. The Hall–Kier alpha value is -1.31. The lowest BCUT2D eigenvalue weighted by molar-refractivity contribution is -0.144. The number of thioether (sulfide) groups is 1. The van der Waals surface area contributed by atoms with Crippen molar-refractivity contribution in [2.75, 3.05) is 17.6 Å². The molecule has 1 saturated carbocycles. The number of aliphatic hydroxyl groups is 1. The van der Waals surface area contributed by atoms with Crippen molar-refractivity contribution in [1.82, 2.24) is 10.3 Å². The van der Waals surface area contributed by atoms with Crippen molar-refractivity contribution in [2.45, 2.75) is 49.8 Å². The van der Waals surface area contributed by atoms with Crippen molar-refractivity contribution in [3.05, 3.63) is 17.3 Å². The second kappa shape index (κ2) is 7.07. The van der Waals surface area contributed by atoms with Gasteiger partial charge in [-0.3, -0.25) is 4.79 Å². The number of hydrogen-bond acceptors (Lipinski definition) is 6. The molecule has 23 heavy (non-hydrogen) atoms. The molecule has 2 aliphatic rings. The molecule has 7 heteroatoms. The third-order valence-corrected chi connectivity index (χ3v) is 5.66. The average molecular weight is 337 g/mol. The maximum atomic E-state index is 11.0. The van der Waals surface area contributed by atoms with E-state index >= 15 is 0 Å². The van der Waals surface area contributed by atoms with Crippen molar-refractivity contribution in [3.8, 4) is 0 Å². The summed E-state index contributed by atoms with van der Waals surface area (Å²) in [6.07, 6.45) is 0.994. The Morgan fingerprint density at radius 3 is 3.09 bits per heavy atom. The van der Waals surface area contributed by atoms with Crippen LogP contribution in [0.25, 0.3) is 0 Å². The summed E-state index contributed by atoms with van der Waals surface area (Å²) in [5.41, 5.74) is 2.12. The van der Waals surface area contributed by atoms with E-state index in [-0.39, 0.29) is 6.04 Å². The monoisotopic (exact) mass is 337 g/mol. The van der Waals surface area contributed by atoms with E-state index in [1.807, 2.05) is 11.8 Å². The number of carboxylic acids is 1. The third kappa shape index (κ3) is 3.79. The van der Waals surface area contributed by atoms with Crippen LogP contribution in [-0.2, 0) is 11.3 Å². The molecule has 0 amide bonds. The molecule has 1 aromatic heterocycles. The first-order valence-electron chi connectivity index (χ1n) is 8.06. The van der Waals surface area contributed by atoms with Gasteiger partial charge in [0.05, 0.1) is 22.6 Å². The highest BCUT2D eigenvalue weighted by Crippen LogP contribution is 2.31. The molecule has 0 bridgehead atoms. The summed E-state index contributed by atoms with van der Waals surface area (Å²) in [6, 6.07) is 2.10. The molecule has 3 atom stereocenters. The average Bonchev–Trinajstić information content (AvgIpc) is 2.53. The number of anilines is 1. The molecule has 0 aromatic carbocycles. The number of hydrogen-bond donors (Lipinski definition) is 4. The molecule has 1 aliphatic heterocycles. The van der Waals surface area contributed by atoms with E-state index in [0.29, 0.717) is 25.8 Å². The van der Waals surface area contributed by atoms with Crippen molar-refractivity contribution in [3.63, 3.8) is 0 Å². The highest BCUT2D eigenvalue weighted by atomic mass is 32.2. The summed E-state index contributed by atoms with van der Waals surface area (Å²) >= 11 is 1.82. The Bertz CT molecular complexity index is 596. The van der Waals surface area contributed by atoms with Crippen molar-refractivity contribution in [2.24, 2.45) is 5.92 Å². The molecule has 1 aromatic rings. The summed E-state index contributed by atoms with van der Waals surface area (Å²) < 4.78 is 0. The van der Waals surface area contributed by atoms with Crippen LogP contribution >= 0.6 is 11.8 Å². The van der Waals surface area contributed by atoms with Crippen LogP contribution in [0.3, 0.4) is 0 Å². The molecule has 4 N–H and O–H groups in total. The Balaban J connectivity index is 1.61. The van der Waals surface area contributed by atoms with Gasteiger partial charge < -0.3 is 20.8 Å². The molecule has 126 valence electrons. The van der Waals surface area contributed by atoms with E-state index < -0.39 is 18.0 Å². The van der Waals surface area contributed by atoms with Gasteiger partial charge >= 0.3 is 5.97 Å². The minimum atomic E-state index is -0.807. The lowest BCUT2D eigenvalue weighted by Gasteiger charge is -2.32. The lowest BCUT2D eigenvalue weighted by Crippen LogP contribution is -2.45. The lowest BCUT2D eigenvalue weighted by atomic mass is 9.84. The van der Waals surface area contributed by atoms with E-state index in [1.54, 1.807) is 0 Å². The number of pyridine rings is 1. The summed E-state index contributed by atoms with van der Waals surface area (Å²) in [6.45, 7) is 3.57. The summed E-state index contributed by atoms with van der Waals surface area (Å²) in [5, 5.41) is 25.9. The maximum Gasteiger partial charge on any atom is 0.306 e. The van der Waals surface area contributed by atoms with E-state index in [1.165, 1.54) is 4.90 Å². The van der Waals surface area contributed by atoms with Gasteiger partial charge in [-0.1, -0.05) is 0 Å². The normalized spacial score (nSPS) is 27.1. The quantitative estimate of drug-likeness (QED) is 0.663. The molecule has 1 fully saturated rings. The highest BCUT2D eigenvalue weighted by molar-refractivity contribution is 7.99. The molecule has 3 rings (SSSR count). The molecule has 6 nitrogen and oxygen atoms in total. The number of aliphatic carboxylic acids is 1. The fourth-order valence-electron chi connectivity index (χ4n) is 3.21. The smallest absolute Gasteiger partial charge is 0.306 e. The first kappa shape index (κ1) is 16.5. The van der Waals surface area contributed by atoms with Crippen molar-refractivity contribution < 1.29 is 15.0 Å². The zero-order valence-corrected chi connectivity index (χ0v) is 14.0. The number of aromatic nitrogens is 1. The topological polar surface area (TPSA) is 94.5 Å². The standard InChI is InChI=1S/C16H23N3O3S/c1-9-6-14-15(17-4-5-23-14)19-12(9)8-18-11-3-2-10(16(21)22)7-13(11)20/h6,10-11,13,18,20H,2-5,7-8H2,1H3,(H,17,19)(H,21,22)/t10-,11-,13-/m1/s1. The second-order valence-electron chi connectivity index (χ2n) is 6.28. The van der Waals surface area contributed by atoms with Gasteiger partial charge in [-0.05, 0) is 37.8 Å². The van der Waals surface area contributed by atoms with E-state index in [9.17, 15) is 9.90 Å². The first-order valence-corrected chi connectivity index (χ1v) is 9.04. The van der Waals surface area contributed by atoms with Crippen LogP contribution in [0.5, 0.6) is 0 Å². The summed E-state index contributed by atoms with van der Waals surface area (Å²) in [5.74, 6) is 0.773. The van der Waals surface area contributed by atoms with Gasteiger partial charge in [-0.2, -0.15) is 0 Å². The minimum absolute atomic E-state index is 0.0647. The number of aryl methyl sites for hydroxylation is 1. The van der Waals surface area contributed by atoms with Gasteiger partial charge in [0.15, 0.2) is 0 Å². The van der Waals surface area contributed by atoms with Gasteiger partial charge in [0.25, 0.3) is 0 Å². The number of fused-ring (bicyclic) bond motifs is 1. The van der Waals surface area contributed by atoms with Crippen LogP contribution in [0, 0.1) is 12.8 Å². The molecule has 0 radical (unpaired) electrons. The van der Waals surface area contributed by atoms with Gasteiger partial charge in [0, 0.05) is 24.9 Å². The van der Waals surface area contributed by atoms with Crippen molar-refractivity contribution in [1.29, 1.82) is 0 Å². The number of carbonyl (C=O) groups is 1. The molecule has 1 aliphatic carbocycles. The first-order chi connectivity index (χ1) is 11.0. The van der Waals surface area contributed by atoms with Crippen LogP contribution in [0.1, 0.15) is 30.5 Å². The maximum absolute atomic E-state index is 11.0. The largest absolute Gasteiger partial charge is 0.481 e. The molecular weight excluding hydrogens is 314 g/mol. The van der Waals surface area contributed by atoms with Crippen LogP contribution in [0.2, 0.25) is 0 Å². The predicted octanol–water partition coefficient (Wildman–Crippen LogP) is 1.61. The van der Waals surface area contributed by atoms with E-state index in [4.69, 9.17) is 10.1 Å². The number of carboxylic acid groups (broad SMARTS) is 1. The molecular formula is C16H23N3O3S. The minimum Gasteiger partial charge on any atom is -0.481 e. The Morgan fingerprint density at radius 1 is 1.52 bits per heavy atom. The summed E-state index contributed by atoms with van der Waals surface area (Å²) in [4.78, 5) is 16.9. The zero-order chi connectivity index (χ0) is 16.4. The second-order valence-corrected chi connectivity index (χ2v) is 7.41. The number of rotatable bonds is 4. The highest BCUT2D eigenvalue weighted by Gasteiger charge is 2.32.